The Morgan fingerprint density at radius 1 is 1.19 bits per heavy atom. The van der Waals surface area contributed by atoms with E-state index in [0.717, 1.165) is 6.07 Å². The molecule has 1 saturated heterocycles. The van der Waals surface area contributed by atoms with E-state index in [1.54, 1.807) is 13.8 Å². The van der Waals surface area contributed by atoms with Gasteiger partial charge in [0.15, 0.2) is 0 Å². The van der Waals surface area contributed by atoms with Gasteiger partial charge in [0, 0.05) is 37.6 Å². The van der Waals surface area contributed by atoms with Crippen molar-refractivity contribution in [1.29, 1.82) is 0 Å². The van der Waals surface area contributed by atoms with Gasteiger partial charge >= 0.3 is 0 Å². The predicted octanol–water partition coefficient (Wildman–Crippen LogP) is 1.57. The molecule has 1 heterocycles. The Balaban J connectivity index is 2.45. The summed E-state index contributed by atoms with van der Waals surface area (Å²) in [6.45, 7) is 3.48. The molecule has 0 amide bonds. The maximum atomic E-state index is 12.5. The van der Waals surface area contributed by atoms with Crippen molar-refractivity contribution in [2.24, 2.45) is 0 Å². The van der Waals surface area contributed by atoms with Crippen LogP contribution in [-0.2, 0) is 14.8 Å². The van der Waals surface area contributed by atoms with Crippen LogP contribution in [0.25, 0.3) is 0 Å². The number of Topliss-reactive ketones (excluding diaryl/α,β-unsaturated/α-hetero) is 1. The molecule has 0 aromatic heterocycles. The number of nitrogens with zero attached hydrogens (tertiary/aromatic N) is 2. The van der Waals surface area contributed by atoms with Gasteiger partial charge in [-0.15, -0.1) is 0 Å². The third kappa shape index (κ3) is 2.96. The minimum Gasteiger partial charge on any atom is -0.300 e. The van der Waals surface area contributed by atoms with E-state index in [0.29, 0.717) is 11.1 Å². The molecule has 0 unspecified atom stereocenters. The summed E-state index contributed by atoms with van der Waals surface area (Å²) in [6, 6.07) is 2.53. The molecule has 0 atom stereocenters. The topological polar surface area (TPSA) is 97.6 Å². The molecule has 1 aromatic rings. The summed E-state index contributed by atoms with van der Waals surface area (Å²) in [5, 5.41) is 11.0. The minimum absolute atomic E-state index is 0.0347. The minimum atomic E-state index is -3.80. The average molecular weight is 312 g/mol. The lowest BCUT2D eigenvalue weighted by Gasteiger charge is -2.25. The standard InChI is InChI=1S/C13H16N2O5S/c1-9-7-12(8-13(10(9)2)15(17)18)21(19,20)14-5-3-11(16)4-6-14/h7-8H,3-6H2,1-2H3. The first-order chi connectivity index (χ1) is 9.73. The molecule has 1 aliphatic heterocycles. The van der Waals surface area contributed by atoms with Crippen LogP contribution in [0, 0.1) is 24.0 Å². The molecular formula is C13H16N2O5S. The molecule has 0 radical (unpaired) electrons. The van der Waals surface area contributed by atoms with Gasteiger partial charge in [0.2, 0.25) is 10.0 Å². The van der Waals surface area contributed by atoms with Crippen molar-refractivity contribution >= 4 is 21.5 Å². The lowest BCUT2D eigenvalue weighted by atomic mass is 10.1. The maximum Gasteiger partial charge on any atom is 0.273 e. The fraction of sp³-hybridized carbons (Fsp3) is 0.462. The van der Waals surface area contributed by atoms with Crippen LogP contribution >= 0.6 is 0 Å². The van der Waals surface area contributed by atoms with Crippen LogP contribution in [0.3, 0.4) is 0 Å². The molecule has 0 aliphatic carbocycles. The van der Waals surface area contributed by atoms with E-state index < -0.39 is 14.9 Å². The molecule has 1 aliphatic rings. The largest absolute Gasteiger partial charge is 0.300 e. The highest BCUT2D eigenvalue weighted by molar-refractivity contribution is 7.89. The number of hydrogen-bond acceptors (Lipinski definition) is 5. The summed E-state index contributed by atoms with van der Waals surface area (Å²) < 4.78 is 26.3. The van der Waals surface area contributed by atoms with Gasteiger partial charge in [-0.1, -0.05) is 0 Å². The number of aryl methyl sites for hydroxylation is 1. The Hall–Kier alpha value is -1.80. The molecule has 7 nitrogen and oxygen atoms in total. The Kier molecular flexibility index (Phi) is 4.11. The van der Waals surface area contributed by atoms with Crippen LogP contribution in [0.15, 0.2) is 17.0 Å². The van der Waals surface area contributed by atoms with Crippen molar-refractivity contribution in [3.63, 3.8) is 0 Å². The summed E-state index contributed by atoms with van der Waals surface area (Å²) in [4.78, 5) is 21.6. The second-order valence-electron chi connectivity index (χ2n) is 5.08. The Morgan fingerprint density at radius 3 is 2.29 bits per heavy atom. The van der Waals surface area contributed by atoms with Crippen LogP contribution in [0.2, 0.25) is 0 Å². The number of carbonyl (C=O) groups is 1. The molecule has 0 spiro atoms. The van der Waals surface area contributed by atoms with Crippen molar-refractivity contribution in [2.45, 2.75) is 31.6 Å². The predicted molar refractivity (Wildman–Crippen MR) is 75.6 cm³/mol. The molecule has 0 N–H and O–H groups in total. The molecule has 1 fully saturated rings. The van der Waals surface area contributed by atoms with Crippen LogP contribution < -0.4 is 0 Å². The zero-order valence-corrected chi connectivity index (χ0v) is 12.6. The number of nitro benzene ring substituents is 1. The second kappa shape index (κ2) is 5.53. The van der Waals surface area contributed by atoms with E-state index in [1.165, 1.54) is 10.4 Å². The van der Waals surface area contributed by atoms with Crippen LogP contribution in [0.5, 0.6) is 0 Å². The lowest BCUT2D eigenvalue weighted by molar-refractivity contribution is -0.385. The number of nitro groups is 1. The second-order valence-corrected chi connectivity index (χ2v) is 7.02. The van der Waals surface area contributed by atoms with Crippen LogP contribution in [0.4, 0.5) is 5.69 Å². The quantitative estimate of drug-likeness (QED) is 0.623. The number of rotatable bonds is 3. The van der Waals surface area contributed by atoms with Gasteiger partial charge < -0.3 is 0 Å². The number of hydrogen-bond donors (Lipinski definition) is 0. The highest BCUT2D eigenvalue weighted by Gasteiger charge is 2.30. The van der Waals surface area contributed by atoms with E-state index in [4.69, 9.17) is 0 Å². The van der Waals surface area contributed by atoms with E-state index >= 15 is 0 Å². The smallest absolute Gasteiger partial charge is 0.273 e. The van der Waals surface area contributed by atoms with Crippen molar-refractivity contribution in [2.75, 3.05) is 13.1 Å². The number of benzene rings is 1. The molecular weight excluding hydrogens is 296 g/mol. The Labute approximate surface area is 122 Å². The summed E-state index contributed by atoms with van der Waals surface area (Å²) in [6.07, 6.45) is 0.373. The van der Waals surface area contributed by atoms with Gasteiger partial charge in [0.05, 0.1) is 9.82 Å². The fourth-order valence-corrected chi connectivity index (χ4v) is 3.82. The fourth-order valence-electron chi connectivity index (χ4n) is 2.27. The highest BCUT2D eigenvalue weighted by Crippen LogP contribution is 2.28. The van der Waals surface area contributed by atoms with Crippen molar-refractivity contribution in [1.82, 2.24) is 4.31 Å². The number of ketones is 1. The first-order valence-electron chi connectivity index (χ1n) is 6.51. The van der Waals surface area contributed by atoms with Crippen molar-refractivity contribution in [3.05, 3.63) is 33.4 Å². The summed E-state index contributed by atoms with van der Waals surface area (Å²) in [5.41, 5.74) is 0.797. The van der Waals surface area contributed by atoms with Crippen molar-refractivity contribution in [3.8, 4) is 0 Å². The molecule has 0 saturated carbocycles. The van der Waals surface area contributed by atoms with Gasteiger partial charge in [-0.2, -0.15) is 4.31 Å². The third-order valence-corrected chi connectivity index (χ3v) is 5.60. The normalized spacial score (nSPS) is 17.0. The third-order valence-electron chi connectivity index (χ3n) is 3.73. The van der Waals surface area contributed by atoms with Crippen molar-refractivity contribution < 1.29 is 18.1 Å². The summed E-state index contributed by atoms with van der Waals surface area (Å²) in [5.74, 6) is 0.0347. The number of piperidine rings is 1. The van der Waals surface area contributed by atoms with E-state index in [2.05, 4.69) is 0 Å². The molecule has 8 heteroatoms. The first-order valence-corrected chi connectivity index (χ1v) is 7.95. The van der Waals surface area contributed by atoms with Gasteiger partial charge in [0.1, 0.15) is 5.78 Å². The summed E-state index contributed by atoms with van der Waals surface area (Å²) >= 11 is 0. The van der Waals surface area contributed by atoms with E-state index in [9.17, 15) is 23.3 Å². The van der Waals surface area contributed by atoms with Gasteiger partial charge in [-0.3, -0.25) is 14.9 Å². The molecule has 0 bridgehead atoms. The molecule has 1 aromatic carbocycles. The van der Waals surface area contributed by atoms with Crippen LogP contribution in [-0.4, -0.2) is 36.5 Å². The Bertz CT molecular complexity index is 702. The highest BCUT2D eigenvalue weighted by atomic mass is 32.2. The molecule has 2 rings (SSSR count). The number of carbonyl (C=O) groups excluding carboxylic acids is 1. The maximum absolute atomic E-state index is 12.5. The van der Waals surface area contributed by atoms with E-state index in [-0.39, 0.29) is 42.3 Å². The van der Waals surface area contributed by atoms with E-state index in [1.807, 2.05) is 0 Å². The molecule has 114 valence electrons. The van der Waals surface area contributed by atoms with Gasteiger partial charge in [0.25, 0.3) is 5.69 Å². The zero-order valence-electron chi connectivity index (χ0n) is 11.8. The lowest BCUT2D eigenvalue weighted by Crippen LogP contribution is -2.38. The first kappa shape index (κ1) is 15.6. The summed E-state index contributed by atoms with van der Waals surface area (Å²) in [7, 11) is -3.80. The monoisotopic (exact) mass is 312 g/mol. The average Bonchev–Trinajstić information content (AvgIpc) is 2.41. The van der Waals surface area contributed by atoms with Gasteiger partial charge in [-0.25, -0.2) is 8.42 Å². The van der Waals surface area contributed by atoms with Crippen LogP contribution in [0.1, 0.15) is 24.0 Å². The van der Waals surface area contributed by atoms with Gasteiger partial charge in [-0.05, 0) is 25.5 Å². The number of sulfonamides is 1. The Morgan fingerprint density at radius 2 is 1.76 bits per heavy atom. The SMILES string of the molecule is Cc1cc(S(=O)(=O)N2CCC(=O)CC2)cc([N+](=O)[O-])c1C. The molecule has 21 heavy (non-hydrogen) atoms. The zero-order chi connectivity index (χ0) is 15.8.